The van der Waals surface area contributed by atoms with Crippen molar-refractivity contribution in [3.05, 3.63) is 35.5 Å². The molecule has 0 unspecified atom stereocenters. The lowest BCUT2D eigenvalue weighted by Gasteiger charge is -2.06. The first-order valence-electron chi connectivity index (χ1n) is 5.45. The van der Waals surface area contributed by atoms with E-state index in [9.17, 15) is 9.90 Å². The van der Waals surface area contributed by atoms with Crippen LogP contribution in [0, 0.1) is 13.8 Å². The molecule has 2 aromatic rings. The second kappa shape index (κ2) is 4.87. The van der Waals surface area contributed by atoms with Crippen LogP contribution in [0.25, 0.3) is 0 Å². The van der Waals surface area contributed by atoms with E-state index in [2.05, 4.69) is 15.1 Å². The van der Waals surface area contributed by atoms with Crippen molar-refractivity contribution in [3.8, 4) is 5.95 Å². The number of hydrogen-bond acceptors (Lipinski definition) is 4. The summed E-state index contributed by atoms with van der Waals surface area (Å²) in [7, 11) is 0. The van der Waals surface area contributed by atoms with E-state index in [1.54, 1.807) is 0 Å². The molecule has 1 aromatic carbocycles. The number of carbonyl (C=O) groups is 1. The Morgan fingerprint density at radius 3 is 2.89 bits per heavy atom. The summed E-state index contributed by atoms with van der Waals surface area (Å²) < 4.78 is 5.49. The molecule has 6 heteroatoms. The number of amides is 1. The molecule has 0 atom stereocenters. The molecule has 0 saturated carbocycles. The fourth-order valence-corrected chi connectivity index (χ4v) is 1.63. The van der Waals surface area contributed by atoms with Crippen LogP contribution < -0.4 is 15.1 Å². The number of rotatable bonds is 3. The van der Waals surface area contributed by atoms with Crippen molar-refractivity contribution in [2.45, 2.75) is 20.4 Å². The number of nitrogens with zero attached hydrogens (tertiary/aromatic N) is 2. The zero-order valence-corrected chi connectivity index (χ0v) is 10.1. The van der Waals surface area contributed by atoms with Crippen molar-refractivity contribution in [2.75, 3.05) is 5.32 Å². The van der Waals surface area contributed by atoms with Crippen LogP contribution in [0.3, 0.4) is 0 Å². The Labute approximate surface area is 104 Å². The molecule has 0 aliphatic heterocycles. The van der Waals surface area contributed by atoms with Crippen molar-refractivity contribution in [2.24, 2.45) is 0 Å². The van der Waals surface area contributed by atoms with E-state index in [1.165, 1.54) is 0 Å². The average molecular weight is 247 g/mol. The van der Waals surface area contributed by atoms with Gasteiger partial charge in [0.1, 0.15) is 5.95 Å². The predicted molar refractivity (Wildman–Crippen MR) is 60.7 cm³/mol. The summed E-state index contributed by atoms with van der Waals surface area (Å²) in [5.41, 5.74) is 2.86. The summed E-state index contributed by atoms with van der Waals surface area (Å²) in [6.45, 7) is 3.85. The maximum Gasteiger partial charge on any atom is 0.292 e. The minimum Gasteiger partial charge on any atom is -0.539 e. The smallest absolute Gasteiger partial charge is 0.292 e. The van der Waals surface area contributed by atoms with Crippen molar-refractivity contribution < 1.29 is 19.1 Å². The fraction of sp³-hybridized carbons (Fsp3) is 0.250. The van der Waals surface area contributed by atoms with Crippen LogP contribution in [-0.2, 0) is 11.3 Å². The van der Waals surface area contributed by atoms with Gasteiger partial charge in [-0.15, -0.1) is 0 Å². The SMILES string of the molecule is Cc1ccc(NC(=O)C[n+]2cc([O-])on2)c(C)c1. The molecule has 0 aliphatic rings. The van der Waals surface area contributed by atoms with Gasteiger partial charge in [-0.05, 0) is 25.5 Å². The van der Waals surface area contributed by atoms with Crippen molar-refractivity contribution in [1.82, 2.24) is 5.27 Å². The molecule has 1 heterocycles. The highest BCUT2D eigenvalue weighted by molar-refractivity contribution is 5.90. The van der Waals surface area contributed by atoms with Gasteiger partial charge in [-0.3, -0.25) is 4.79 Å². The summed E-state index contributed by atoms with van der Waals surface area (Å²) in [5, 5.41) is 16.9. The van der Waals surface area contributed by atoms with Crippen molar-refractivity contribution >= 4 is 11.6 Å². The van der Waals surface area contributed by atoms with Gasteiger partial charge in [0.2, 0.25) is 6.20 Å². The second-order valence-corrected chi connectivity index (χ2v) is 4.09. The minimum atomic E-state index is -0.575. The molecule has 1 N–H and O–H groups in total. The first-order valence-corrected chi connectivity index (χ1v) is 5.45. The first-order chi connectivity index (χ1) is 8.54. The molecular weight excluding hydrogens is 234 g/mol. The highest BCUT2D eigenvalue weighted by atomic mass is 16.6. The second-order valence-electron chi connectivity index (χ2n) is 4.09. The van der Waals surface area contributed by atoms with Gasteiger partial charge < -0.3 is 14.9 Å². The van der Waals surface area contributed by atoms with Gasteiger partial charge in [-0.25, -0.2) is 0 Å². The monoisotopic (exact) mass is 247 g/mol. The molecule has 18 heavy (non-hydrogen) atoms. The van der Waals surface area contributed by atoms with Crippen LogP contribution in [0.1, 0.15) is 11.1 Å². The Morgan fingerprint density at radius 2 is 2.28 bits per heavy atom. The summed E-state index contributed by atoms with van der Waals surface area (Å²) in [5.74, 6) is -0.838. The van der Waals surface area contributed by atoms with E-state index >= 15 is 0 Å². The number of carbonyl (C=O) groups excluding carboxylic acids is 1. The Bertz CT molecular complexity index is 578. The van der Waals surface area contributed by atoms with Crippen LogP contribution in [0.4, 0.5) is 5.69 Å². The molecule has 0 fully saturated rings. The first kappa shape index (κ1) is 12.1. The summed E-state index contributed by atoms with van der Waals surface area (Å²) in [4.78, 5) is 11.7. The van der Waals surface area contributed by atoms with Crippen LogP contribution in [0.5, 0.6) is 5.95 Å². The topological polar surface area (TPSA) is 82.1 Å². The molecule has 0 bridgehead atoms. The Morgan fingerprint density at radius 1 is 1.50 bits per heavy atom. The fourth-order valence-electron chi connectivity index (χ4n) is 1.63. The molecule has 0 saturated heterocycles. The van der Waals surface area contributed by atoms with E-state index in [0.29, 0.717) is 0 Å². The zero-order chi connectivity index (χ0) is 13.1. The number of nitrogens with one attached hydrogen (secondary N) is 1. The number of aromatic nitrogens is 2. The van der Waals surface area contributed by atoms with E-state index in [1.807, 2.05) is 32.0 Å². The maximum absolute atomic E-state index is 11.7. The Kier molecular flexibility index (Phi) is 3.27. The third-order valence-electron chi connectivity index (χ3n) is 2.45. The van der Waals surface area contributed by atoms with Gasteiger partial charge in [-0.2, -0.15) is 0 Å². The summed E-state index contributed by atoms with van der Waals surface area (Å²) >= 11 is 0. The van der Waals surface area contributed by atoms with E-state index in [0.717, 1.165) is 27.7 Å². The number of benzene rings is 1. The lowest BCUT2D eigenvalue weighted by Crippen LogP contribution is -2.41. The molecule has 0 radical (unpaired) electrons. The zero-order valence-electron chi connectivity index (χ0n) is 10.1. The Hall–Kier alpha value is -2.37. The Balaban J connectivity index is 2.03. The van der Waals surface area contributed by atoms with E-state index in [4.69, 9.17) is 0 Å². The molecule has 0 spiro atoms. The van der Waals surface area contributed by atoms with E-state index < -0.39 is 5.95 Å². The molecule has 94 valence electrons. The van der Waals surface area contributed by atoms with Gasteiger partial charge in [0.05, 0.1) is 5.27 Å². The lowest BCUT2D eigenvalue weighted by molar-refractivity contribution is -0.750. The van der Waals surface area contributed by atoms with Crippen LogP contribution in [0.15, 0.2) is 28.9 Å². The van der Waals surface area contributed by atoms with Crippen molar-refractivity contribution in [1.29, 1.82) is 0 Å². The standard InChI is InChI=1S/C12H13N3O3/c1-8-3-4-10(9(2)5-8)13-11(16)6-15-7-12(17)18-14-15/h3-5,7H,6H2,1-2H3,(H-,13,14,16,17). The largest absolute Gasteiger partial charge is 0.539 e. The predicted octanol–water partition coefficient (Wildman–Crippen LogP) is 0.291. The molecule has 6 nitrogen and oxygen atoms in total. The van der Waals surface area contributed by atoms with Gasteiger partial charge in [-0.1, -0.05) is 22.4 Å². The maximum atomic E-state index is 11.7. The minimum absolute atomic E-state index is 0.0565. The van der Waals surface area contributed by atoms with Crippen molar-refractivity contribution in [3.63, 3.8) is 0 Å². The highest BCUT2D eigenvalue weighted by Gasteiger charge is 2.12. The molecule has 1 aromatic heterocycles. The van der Waals surface area contributed by atoms with Gasteiger partial charge >= 0.3 is 0 Å². The normalized spacial score (nSPS) is 10.3. The summed E-state index contributed by atoms with van der Waals surface area (Å²) in [6, 6.07) is 5.74. The molecule has 0 aliphatic carbocycles. The van der Waals surface area contributed by atoms with E-state index in [-0.39, 0.29) is 12.5 Å². The van der Waals surface area contributed by atoms with Crippen LogP contribution in [0.2, 0.25) is 0 Å². The lowest BCUT2D eigenvalue weighted by atomic mass is 10.1. The average Bonchev–Trinajstić information content (AvgIpc) is 2.68. The van der Waals surface area contributed by atoms with Crippen LogP contribution in [-0.4, -0.2) is 11.2 Å². The van der Waals surface area contributed by atoms with Gasteiger partial charge in [0, 0.05) is 5.69 Å². The summed E-state index contributed by atoms with van der Waals surface area (Å²) in [6.07, 6.45) is 1.13. The van der Waals surface area contributed by atoms with Gasteiger partial charge in [0.15, 0.2) is 0 Å². The third-order valence-corrected chi connectivity index (χ3v) is 2.45. The molecular formula is C12H13N3O3. The number of anilines is 1. The van der Waals surface area contributed by atoms with Gasteiger partial charge in [0.25, 0.3) is 12.5 Å². The molecule has 2 rings (SSSR count). The highest BCUT2D eigenvalue weighted by Crippen LogP contribution is 2.15. The number of aryl methyl sites for hydroxylation is 2. The molecule has 1 amide bonds. The third kappa shape index (κ3) is 2.85. The number of hydrogen-bond donors (Lipinski definition) is 1. The quantitative estimate of drug-likeness (QED) is 0.790. The van der Waals surface area contributed by atoms with Crippen LogP contribution >= 0.6 is 0 Å².